The molecule has 14 nitrogen and oxygen atoms in total. The van der Waals surface area contributed by atoms with E-state index in [9.17, 15) is 19.2 Å². The first-order valence-corrected chi connectivity index (χ1v) is 21.3. The standard InChI is InChI=1S/C25H24N6O2.C25H24N4O2/c32-23-17-24(33)31(18-19-4-2-1-3-5-19)22(23)16-20-6-11-27-25(28-20)30-14-12-29(13-15-30)21-7-9-26-10-8-21;1-28(15-13-19-8-4-2-5-9-19)25-26-14-12-21(27-25)16-22-23(30)17-24(31)29(22)18-20-10-6-3-7-11-20/h1-11,16H,12-15,17-18H2;2-12,14,16H,13,15,17-18H2,1H3/b2*22-16-. The molecule has 0 unspecified atom stereocenters. The number of Topliss-reactive ketones (excluding diaryl/α,β-unsaturated/α-hetero) is 2. The van der Waals surface area contributed by atoms with Gasteiger partial charge in [-0.15, -0.1) is 0 Å². The molecule has 3 aromatic carbocycles. The highest BCUT2D eigenvalue weighted by Crippen LogP contribution is 2.26. The Balaban J connectivity index is 0.000000175. The number of ketones is 2. The van der Waals surface area contributed by atoms with Gasteiger partial charge >= 0.3 is 0 Å². The Labute approximate surface area is 372 Å². The number of aromatic nitrogens is 5. The van der Waals surface area contributed by atoms with Gasteiger partial charge in [-0.1, -0.05) is 91.0 Å². The van der Waals surface area contributed by atoms with E-state index in [1.54, 1.807) is 58.9 Å². The minimum absolute atomic E-state index is 0.104. The lowest BCUT2D eigenvalue weighted by molar-refractivity contribution is -0.129. The van der Waals surface area contributed by atoms with Gasteiger partial charge < -0.3 is 24.5 Å². The molecule has 0 saturated carbocycles. The monoisotopic (exact) mass is 852 g/mol. The molecule has 0 bridgehead atoms. The summed E-state index contributed by atoms with van der Waals surface area (Å²) in [6.45, 7) is 4.80. The Morgan fingerprint density at radius 2 is 1.03 bits per heavy atom. The van der Waals surface area contributed by atoms with Crippen molar-refractivity contribution in [2.75, 3.05) is 54.5 Å². The van der Waals surface area contributed by atoms with Gasteiger partial charge in [-0.3, -0.25) is 24.2 Å². The Morgan fingerprint density at radius 3 is 1.58 bits per heavy atom. The van der Waals surface area contributed by atoms with Crippen molar-refractivity contribution in [1.29, 1.82) is 0 Å². The van der Waals surface area contributed by atoms with Crippen LogP contribution in [0.15, 0.2) is 151 Å². The van der Waals surface area contributed by atoms with E-state index < -0.39 is 0 Å². The van der Waals surface area contributed by atoms with Crippen molar-refractivity contribution < 1.29 is 19.2 Å². The Kier molecular flexibility index (Phi) is 13.6. The van der Waals surface area contributed by atoms with E-state index in [0.717, 1.165) is 56.0 Å². The van der Waals surface area contributed by atoms with Crippen LogP contribution in [0.1, 0.15) is 40.9 Å². The summed E-state index contributed by atoms with van der Waals surface area (Å²) < 4.78 is 0. The van der Waals surface area contributed by atoms with E-state index in [1.807, 2.05) is 103 Å². The number of hydrogen-bond donors (Lipinski definition) is 0. The van der Waals surface area contributed by atoms with Gasteiger partial charge in [0.1, 0.15) is 0 Å². The quantitative estimate of drug-likeness (QED) is 0.104. The van der Waals surface area contributed by atoms with Gasteiger partial charge in [0.25, 0.3) is 0 Å². The van der Waals surface area contributed by atoms with Crippen LogP contribution in [-0.4, -0.2) is 97.9 Å². The molecular formula is C50H48N10O4. The van der Waals surface area contributed by atoms with Crippen molar-refractivity contribution in [2.45, 2.75) is 32.4 Å². The largest absolute Gasteiger partial charge is 0.368 e. The summed E-state index contributed by atoms with van der Waals surface area (Å²) in [6, 6.07) is 37.1. The molecule has 2 amide bonds. The van der Waals surface area contributed by atoms with Crippen LogP contribution in [0.25, 0.3) is 12.2 Å². The van der Waals surface area contributed by atoms with E-state index in [-0.39, 0.29) is 36.2 Å². The summed E-state index contributed by atoms with van der Waals surface area (Å²) in [4.78, 5) is 81.6. The molecule has 6 heterocycles. The van der Waals surface area contributed by atoms with Crippen LogP contribution in [0.5, 0.6) is 0 Å². The van der Waals surface area contributed by atoms with Crippen molar-refractivity contribution in [3.8, 4) is 0 Å². The molecule has 3 aliphatic heterocycles. The molecule has 0 spiro atoms. The van der Waals surface area contributed by atoms with E-state index in [0.29, 0.717) is 47.8 Å². The second kappa shape index (κ2) is 20.3. The lowest BCUT2D eigenvalue weighted by Crippen LogP contribution is -2.47. The van der Waals surface area contributed by atoms with Gasteiger partial charge in [0, 0.05) is 70.2 Å². The van der Waals surface area contributed by atoms with Crippen LogP contribution < -0.4 is 14.7 Å². The summed E-state index contributed by atoms with van der Waals surface area (Å²) in [5.74, 6) is 0.480. The average Bonchev–Trinajstić information content (AvgIpc) is 3.75. The van der Waals surface area contributed by atoms with Crippen LogP contribution >= 0.6 is 0 Å². The summed E-state index contributed by atoms with van der Waals surface area (Å²) in [5, 5.41) is 0. The van der Waals surface area contributed by atoms with Gasteiger partial charge in [-0.25, -0.2) is 19.9 Å². The fourth-order valence-electron chi connectivity index (χ4n) is 7.67. The molecule has 322 valence electrons. The van der Waals surface area contributed by atoms with Gasteiger partial charge in [-0.05, 0) is 59.5 Å². The zero-order valence-electron chi connectivity index (χ0n) is 35.6. The molecule has 0 radical (unpaired) electrons. The fourth-order valence-corrected chi connectivity index (χ4v) is 7.67. The third-order valence-electron chi connectivity index (χ3n) is 11.2. The number of hydrogen-bond acceptors (Lipinski definition) is 12. The van der Waals surface area contributed by atoms with E-state index in [2.05, 4.69) is 46.9 Å². The smallest absolute Gasteiger partial charge is 0.235 e. The van der Waals surface area contributed by atoms with Crippen molar-refractivity contribution >= 4 is 53.1 Å². The number of anilines is 3. The van der Waals surface area contributed by atoms with Gasteiger partial charge in [-0.2, -0.15) is 0 Å². The number of likely N-dealkylation sites (N-methyl/N-ethyl adjacent to an activating group) is 1. The number of benzene rings is 3. The molecule has 3 aliphatic rings. The highest BCUT2D eigenvalue weighted by Gasteiger charge is 2.34. The van der Waals surface area contributed by atoms with Crippen LogP contribution in [0.4, 0.5) is 17.6 Å². The fraction of sp³-hybridized carbons (Fsp3) is 0.220. The lowest BCUT2D eigenvalue weighted by atomic mass is 10.1. The third-order valence-corrected chi connectivity index (χ3v) is 11.2. The summed E-state index contributed by atoms with van der Waals surface area (Å²) in [5.41, 5.74) is 6.34. The second-order valence-electron chi connectivity index (χ2n) is 15.6. The zero-order valence-corrected chi connectivity index (χ0v) is 35.6. The molecular weight excluding hydrogens is 805 g/mol. The minimum Gasteiger partial charge on any atom is -0.368 e. The summed E-state index contributed by atoms with van der Waals surface area (Å²) in [7, 11) is 1.95. The second-order valence-corrected chi connectivity index (χ2v) is 15.6. The van der Waals surface area contributed by atoms with Crippen molar-refractivity contribution in [3.05, 3.63) is 180 Å². The van der Waals surface area contributed by atoms with Crippen LogP contribution in [0, 0.1) is 0 Å². The highest BCUT2D eigenvalue weighted by atomic mass is 16.2. The number of allylic oxidation sites excluding steroid dienone is 2. The first-order chi connectivity index (χ1) is 31.3. The topological polar surface area (TPSA) is 149 Å². The number of pyridine rings is 1. The molecule has 3 fully saturated rings. The maximum atomic E-state index is 12.6. The van der Waals surface area contributed by atoms with E-state index in [1.165, 1.54) is 5.56 Å². The highest BCUT2D eigenvalue weighted by molar-refractivity contribution is 6.17. The predicted octanol–water partition coefficient (Wildman–Crippen LogP) is 6.04. The normalized spacial score (nSPS) is 16.5. The molecule has 6 aromatic rings. The number of carbonyl (C=O) groups is 4. The van der Waals surface area contributed by atoms with Crippen molar-refractivity contribution in [2.24, 2.45) is 0 Å². The van der Waals surface area contributed by atoms with E-state index >= 15 is 0 Å². The average molecular weight is 853 g/mol. The van der Waals surface area contributed by atoms with E-state index in [4.69, 9.17) is 0 Å². The Morgan fingerprint density at radius 1 is 0.547 bits per heavy atom. The lowest BCUT2D eigenvalue weighted by Gasteiger charge is -2.36. The molecule has 0 N–H and O–H groups in total. The first kappa shape index (κ1) is 42.8. The summed E-state index contributed by atoms with van der Waals surface area (Å²) >= 11 is 0. The SMILES string of the molecule is CN(CCc1ccccc1)c1nccc(/C=C2/C(=O)CC(=O)N2Cc2ccccc2)n1.O=C1CC(=O)N(Cc2ccccc2)/C1=C\c1ccnc(N2CCN(c3ccncc3)CC2)n1. The maximum absolute atomic E-state index is 12.6. The van der Waals surface area contributed by atoms with Crippen molar-refractivity contribution in [3.63, 3.8) is 0 Å². The number of amides is 2. The molecule has 3 aromatic heterocycles. The van der Waals surface area contributed by atoms with Gasteiger partial charge in [0.2, 0.25) is 23.7 Å². The third kappa shape index (κ3) is 10.8. The first-order valence-electron chi connectivity index (χ1n) is 21.3. The molecule has 3 saturated heterocycles. The van der Waals surface area contributed by atoms with Crippen LogP contribution in [0.3, 0.4) is 0 Å². The molecule has 14 heteroatoms. The van der Waals surface area contributed by atoms with Crippen LogP contribution in [-0.2, 0) is 38.7 Å². The number of rotatable bonds is 12. The van der Waals surface area contributed by atoms with Gasteiger partial charge in [0.05, 0.1) is 48.7 Å². The number of nitrogens with zero attached hydrogens (tertiary/aromatic N) is 10. The number of piperazine rings is 1. The van der Waals surface area contributed by atoms with Crippen LogP contribution in [0.2, 0.25) is 0 Å². The maximum Gasteiger partial charge on any atom is 0.235 e. The number of carbonyl (C=O) groups excluding carboxylic acids is 4. The zero-order chi connectivity index (χ0) is 44.3. The molecule has 0 aliphatic carbocycles. The molecule has 9 rings (SSSR count). The minimum atomic E-state index is -0.186. The predicted molar refractivity (Wildman–Crippen MR) is 245 cm³/mol. The molecule has 0 atom stereocenters. The van der Waals surface area contributed by atoms with Crippen molar-refractivity contribution in [1.82, 2.24) is 34.7 Å². The Bertz CT molecular complexity index is 2640. The molecule has 64 heavy (non-hydrogen) atoms. The summed E-state index contributed by atoms with van der Waals surface area (Å²) in [6.07, 6.45) is 11.0. The Hall–Kier alpha value is -7.87. The number of likely N-dealkylation sites (tertiary alicyclic amines) is 2. The van der Waals surface area contributed by atoms with Gasteiger partial charge in [0.15, 0.2) is 11.6 Å².